The maximum absolute atomic E-state index is 6.22. The molecule has 1 atom stereocenters. The summed E-state index contributed by atoms with van der Waals surface area (Å²) in [6.45, 7) is 5.74. The Balaban J connectivity index is 1.22. The summed E-state index contributed by atoms with van der Waals surface area (Å²) >= 11 is 1.47. The number of hydrogen-bond donors (Lipinski definition) is 1. The van der Waals surface area contributed by atoms with Gasteiger partial charge in [0.1, 0.15) is 0 Å². The minimum absolute atomic E-state index is 0.303. The zero-order valence-electron chi connectivity index (χ0n) is 19.8. The molecular formula is C26H32IN4O2S-. The second-order valence-electron chi connectivity index (χ2n) is 8.63. The Hall–Kier alpha value is -2.04. The van der Waals surface area contributed by atoms with Gasteiger partial charge in [-0.15, -0.1) is 11.3 Å². The van der Waals surface area contributed by atoms with E-state index in [9.17, 15) is 0 Å². The van der Waals surface area contributed by atoms with Gasteiger partial charge in [0, 0.05) is 0 Å². The van der Waals surface area contributed by atoms with E-state index in [0.29, 0.717) is 6.61 Å². The number of hydrogen-bond acceptors (Lipinski definition) is 5. The number of rotatable bonds is 9. The Morgan fingerprint density at radius 2 is 2.09 bits per heavy atom. The molecule has 0 saturated carbocycles. The second-order valence-corrected chi connectivity index (χ2v) is 12.3. The van der Waals surface area contributed by atoms with E-state index in [0.717, 1.165) is 58.7 Å². The molecule has 0 amide bonds. The van der Waals surface area contributed by atoms with Crippen LogP contribution >= 0.6 is 11.3 Å². The van der Waals surface area contributed by atoms with E-state index in [2.05, 4.69) is 52.1 Å². The molecule has 1 aliphatic heterocycles. The molecular weight excluding hydrogens is 559 g/mol. The molecule has 0 bridgehead atoms. The number of aryl methyl sites for hydroxylation is 2. The van der Waals surface area contributed by atoms with Gasteiger partial charge in [0.2, 0.25) is 0 Å². The Kier molecular flexibility index (Phi) is 7.76. The normalized spacial score (nSPS) is 16.7. The van der Waals surface area contributed by atoms with E-state index < -0.39 is 0 Å². The van der Waals surface area contributed by atoms with Gasteiger partial charge in [0.05, 0.1) is 0 Å². The molecule has 6 nitrogen and oxygen atoms in total. The van der Waals surface area contributed by atoms with Gasteiger partial charge in [0.15, 0.2) is 0 Å². The van der Waals surface area contributed by atoms with Crippen molar-refractivity contribution in [2.24, 2.45) is 7.05 Å². The van der Waals surface area contributed by atoms with Gasteiger partial charge < -0.3 is 0 Å². The summed E-state index contributed by atoms with van der Waals surface area (Å²) < 4.78 is 18.8. The number of halogens is 1. The maximum atomic E-state index is 6.22. The zero-order valence-corrected chi connectivity index (χ0v) is 22.8. The molecule has 182 valence electrons. The van der Waals surface area contributed by atoms with E-state index in [1.807, 2.05) is 24.3 Å². The standard InChI is InChI=1S/C26H32IN4O2S/c1-3-20-18-31(26(29-20)24-17-25-23(30(24)2)10-15-34-25)13-14-32-21-7-4-8-22(16-21)33-27-19-6-5-11-28-12-9-19/h4,7-8,10,15-19,28H,3,5-6,9,11-14H2,1-2H3/q-1. The van der Waals surface area contributed by atoms with Crippen LogP contribution in [0.1, 0.15) is 31.9 Å². The van der Waals surface area contributed by atoms with Crippen molar-refractivity contribution in [1.82, 2.24) is 19.4 Å². The van der Waals surface area contributed by atoms with Crippen LogP contribution in [-0.2, 0) is 20.0 Å². The van der Waals surface area contributed by atoms with E-state index in [4.69, 9.17) is 12.8 Å². The number of alkyl halides is 1. The van der Waals surface area contributed by atoms with Crippen LogP contribution < -0.4 is 34.7 Å². The molecule has 0 aliphatic carbocycles. The molecule has 34 heavy (non-hydrogen) atoms. The van der Waals surface area contributed by atoms with Gasteiger partial charge in [-0.25, -0.2) is 0 Å². The minimum atomic E-state index is -0.303. The summed E-state index contributed by atoms with van der Waals surface area (Å²) in [5, 5.41) is 5.62. The number of imidazole rings is 1. The first-order valence-corrected chi connectivity index (χ1v) is 15.0. The third-order valence-electron chi connectivity index (χ3n) is 6.25. The fourth-order valence-electron chi connectivity index (χ4n) is 4.33. The van der Waals surface area contributed by atoms with Gasteiger partial charge in [-0.05, 0) is 11.4 Å². The first-order valence-electron chi connectivity index (χ1n) is 12.0. The third kappa shape index (κ3) is 5.44. The van der Waals surface area contributed by atoms with E-state index >= 15 is 0 Å². The first kappa shape index (κ1) is 23.7. The quantitative estimate of drug-likeness (QED) is 0.240. The van der Waals surface area contributed by atoms with Crippen LogP contribution in [0.15, 0.2) is 48.0 Å². The van der Waals surface area contributed by atoms with E-state index in [1.54, 1.807) is 11.3 Å². The predicted octanol–water partition coefficient (Wildman–Crippen LogP) is 2.27. The van der Waals surface area contributed by atoms with Crippen molar-refractivity contribution >= 4 is 21.6 Å². The van der Waals surface area contributed by atoms with Crippen LogP contribution in [0, 0.1) is 0 Å². The molecule has 0 radical (unpaired) electrons. The molecule has 1 fully saturated rings. The third-order valence-corrected chi connectivity index (χ3v) is 9.83. The molecule has 1 aromatic carbocycles. The average Bonchev–Trinajstić information content (AvgIpc) is 3.49. The number of benzene rings is 1. The molecule has 0 spiro atoms. The van der Waals surface area contributed by atoms with Crippen LogP contribution in [0.25, 0.3) is 21.7 Å². The molecule has 1 saturated heterocycles. The second kappa shape index (κ2) is 11.1. The number of nitrogens with one attached hydrogen (secondary N) is 1. The summed E-state index contributed by atoms with van der Waals surface area (Å²) in [6, 6.07) is 12.5. The van der Waals surface area contributed by atoms with Crippen molar-refractivity contribution in [3.63, 3.8) is 0 Å². The number of ether oxygens (including phenoxy) is 1. The molecule has 1 unspecified atom stereocenters. The number of nitrogens with zero attached hydrogens (tertiary/aromatic N) is 3. The predicted molar refractivity (Wildman–Crippen MR) is 134 cm³/mol. The number of fused-ring (bicyclic) bond motifs is 1. The molecule has 4 aromatic rings. The average molecular weight is 592 g/mol. The molecule has 1 aliphatic rings. The fourth-order valence-corrected chi connectivity index (χ4v) is 7.37. The molecule has 1 N–H and O–H groups in total. The van der Waals surface area contributed by atoms with Crippen molar-refractivity contribution in [3.05, 3.63) is 53.7 Å². The molecule has 5 rings (SSSR count). The molecule has 4 heterocycles. The van der Waals surface area contributed by atoms with Gasteiger partial charge in [-0.2, -0.15) is 0 Å². The molecule has 8 heteroatoms. The van der Waals surface area contributed by atoms with Crippen molar-refractivity contribution < 1.29 is 29.4 Å². The van der Waals surface area contributed by atoms with Crippen molar-refractivity contribution in [1.29, 1.82) is 0 Å². The summed E-state index contributed by atoms with van der Waals surface area (Å²) in [6.07, 6.45) is 6.84. The van der Waals surface area contributed by atoms with Crippen molar-refractivity contribution in [2.45, 2.75) is 43.1 Å². The van der Waals surface area contributed by atoms with E-state index in [1.165, 1.54) is 29.5 Å². The summed E-state index contributed by atoms with van der Waals surface area (Å²) in [5.74, 6) is 2.80. The van der Waals surface area contributed by atoms with Crippen molar-refractivity contribution in [2.75, 3.05) is 19.7 Å². The van der Waals surface area contributed by atoms with Gasteiger partial charge in [-0.3, -0.25) is 0 Å². The van der Waals surface area contributed by atoms with Crippen LogP contribution in [0.3, 0.4) is 0 Å². The number of aromatic nitrogens is 3. The van der Waals surface area contributed by atoms with Gasteiger partial charge in [-0.1, -0.05) is 0 Å². The summed E-state index contributed by atoms with van der Waals surface area (Å²) in [5.41, 5.74) is 3.51. The van der Waals surface area contributed by atoms with Crippen LogP contribution in [0.4, 0.5) is 0 Å². The first-order chi connectivity index (χ1) is 16.7. The monoisotopic (exact) mass is 591 g/mol. The van der Waals surface area contributed by atoms with Crippen LogP contribution in [-0.4, -0.2) is 37.7 Å². The van der Waals surface area contributed by atoms with Gasteiger partial charge >= 0.3 is 194 Å². The zero-order chi connectivity index (χ0) is 23.3. The van der Waals surface area contributed by atoms with Gasteiger partial charge in [0.25, 0.3) is 0 Å². The summed E-state index contributed by atoms with van der Waals surface area (Å²) in [7, 11) is 2.12. The Morgan fingerprint density at radius 1 is 1.18 bits per heavy atom. The topological polar surface area (TPSA) is 53.2 Å². The summed E-state index contributed by atoms with van der Waals surface area (Å²) in [4.78, 5) is 4.92. The van der Waals surface area contributed by atoms with E-state index in [-0.39, 0.29) is 21.6 Å². The van der Waals surface area contributed by atoms with Crippen LogP contribution in [0.2, 0.25) is 0 Å². The Morgan fingerprint density at radius 3 is 2.97 bits per heavy atom. The van der Waals surface area contributed by atoms with Crippen molar-refractivity contribution in [3.8, 4) is 23.0 Å². The SMILES string of the molecule is CCc1cn(CCOc2cccc(O[I-]C3CCCNCC3)c2)c(-c2cc3sccc3n2C)n1. The molecule has 3 aromatic heterocycles. The Labute approximate surface area is 216 Å². The fraction of sp³-hybridized carbons (Fsp3) is 0.423. The Bertz CT molecular complexity index is 1220. The number of thiophene rings is 1. The van der Waals surface area contributed by atoms with Crippen LogP contribution in [0.5, 0.6) is 11.5 Å².